The van der Waals surface area contributed by atoms with E-state index in [0.29, 0.717) is 24.6 Å². The number of aryl methyl sites for hydroxylation is 1. The summed E-state index contributed by atoms with van der Waals surface area (Å²) in [6, 6.07) is 8.68. The van der Waals surface area contributed by atoms with Crippen molar-refractivity contribution in [1.82, 2.24) is 9.88 Å². The lowest BCUT2D eigenvalue weighted by Gasteiger charge is -2.60. The quantitative estimate of drug-likeness (QED) is 0.398. The number of nitrogens with two attached hydrogens (primary N) is 1. The van der Waals surface area contributed by atoms with Crippen molar-refractivity contribution in [2.75, 3.05) is 30.3 Å². The zero-order valence-electron chi connectivity index (χ0n) is 25.1. The first-order valence-corrected chi connectivity index (χ1v) is 15.9. The van der Waals surface area contributed by atoms with Gasteiger partial charge in [-0.25, -0.2) is 4.39 Å². The molecule has 6 heteroatoms. The first-order chi connectivity index (χ1) is 19.2. The Morgan fingerprint density at radius 3 is 2.60 bits per heavy atom. The Balaban J connectivity index is 0.000000242. The van der Waals surface area contributed by atoms with E-state index in [1.807, 2.05) is 6.07 Å². The van der Waals surface area contributed by atoms with Crippen LogP contribution in [0.25, 0.3) is 0 Å². The average molecular weight is 549 g/mol. The minimum absolute atomic E-state index is 0.0338. The van der Waals surface area contributed by atoms with Gasteiger partial charge in [-0.2, -0.15) is 0 Å². The molecule has 4 fully saturated rings. The molecule has 1 saturated carbocycles. The van der Waals surface area contributed by atoms with Crippen molar-refractivity contribution in [1.29, 1.82) is 0 Å². The van der Waals surface area contributed by atoms with Gasteiger partial charge in [0.2, 0.25) is 0 Å². The molecule has 1 aliphatic carbocycles. The van der Waals surface area contributed by atoms with Crippen molar-refractivity contribution >= 4 is 11.4 Å². The molecule has 0 amide bonds. The van der Waals surface area contributed by atoms with Crippen molar-refractivity contribution in [3.8, 4) is 0 Å². The highest BCUT2D eigenvalue weighted by atomic mass is 19.1. The summed E-state index contributed by atoms with van der Waals surface area (Å²) >= 11 is 0. The second-order valence-corrected chi connectivity index (χ2v) is 13.4. The van der Waals surface area contributed by atoms with E-state index in [1.165, 1.54) is 78.8 Å². The van der Waals surface area contributed by atoms with Gasteiger partial charge < -0.3 is 15.4 Å². The summed E-state index contributed by atoms with van der Waals surface area (Å²) in [7, 11) is 0. The fraction of sp³-hybridized carbons (Fsp3) is 0.676. The largest absolute Gasteiger partial charge is 0.399 e. The lowest BCUT2D eigenvalue weighted by atomic mass is 9.67. The van der Waals surface area contributed by atoms with E-state index in [0.717, 1.165) is 37.9 Å². The zero-order valence-corrected chi connectivity index (χ0v) is 25.1. The van der Waals surface area contributed by atoms with Crippen molar-refractivity contribution in [3.63, 3.8) is 0 Å². The summed E-state index contributed by atoms with van der Waals surface area (Å²) in [5, 5.41) is 0. The Morgan fingerprint density at radius 2 is 1.95 bits per heavy atom. The van der Waals surface area contributed by atoms with Gasteiger partial charge in [0.05, 0.1) is 18.4 Å². The van der Waals surface area contributed by atoms with Gasteiger partial charge in [-0.1, -0.05) is 26.8 Å². The maximum absolute atomic E-state index is 12.8. The Labute approximate surface area is 240 Å². The molecule has 3 saturated heterocycles. The number of ether oxygens (including phenoxy) is 1. The fourth-order valence-corrected chi connectivity index (χ4v) is 8.00. The zero-order chi connectivity index (χ0) is 28.1. The summed E-state index contributed by atoms with van der Waals surface area (Å²) in [5.41, 5.74) is 15.4. The molecule has 0 bridgehead atoms. The minimum Gasteiger partial charge on any atom is -0.399 e. The molecule has 3 unspecified atom stereocenters. The average Bonchev–Trinajstić information content (AvgIpc) is 3.39. The third-order valence-electron chi connectivity index (χ3n) is 10.9. The highest BCUT2D eigenvalue weighted by molar-refractivity contribution is 5.61. The monoisotopic (exact) mass is 548 g/mol. The molecular formula is C34H49FN4O. The third-order valence-corrected chi connectivity index (χ3v) is 10.9. The molecule has 1 aromatic heterocycles. The van der Waals surface area contributed by atoms with Gasteiger partial charge in [0.25, 0.3) is 0 Å². The number of anilines is 2. The Hall–Kier alpha value is -2.18. The highest BCUT2D eigenvalue weighted by Crippen LogP contribution is 2.51. The van der Waals surface area contributed by atoms with Crippen LogP contribution < -0.4 is 10.6 Å². The van der Waals surface area contributed by atoms with E-state index < -0.39 is 6.17 Å². The molecule has 218 valence electrons. The number of benzene rings is 1. The minimum atomic E-state index is -0.551. The Morgan fingerprint density at radius 1 is 1.12 bits per heavy atom. The van der Waals surface area contributed by atoms with Crippen molar-refractivity contribution in [2.45, 2.75) is 128 Å². The lowest BCUT2D eigenvalue weighted by molar-refractivity contribution is 0.0249. The molecule has 4 atom stereocenters. The van der Waals surface area contributed by atoms with Gasteiger partial charge in [0.15, 0.2) is 0 Å². The number of nitrogen functional groups attached to an aromatic ring is 1. The fourth-order valence-electron chi connectivity index (χ4n) is 8.00. The van der Waals surface area contributed by atoms with Crippen LogP contribution in [-0.2, 0) is 24.2 Å². The van der Waals surface area contributed by atoms with E-state index in [4.69, 9.17) is 15.5 Å². The predicted molar refractivity (Wildman–Crippen MR) is 162 cm³/mol. The number of rotatable bonds is 5. The Bertz CT molecular complexity index is 1220. The first-order valence-electron chi connectivity index (χ1n) is 15.9. The highest BCUT2D eigenvalue weighted by Gasteiger charge is 2.50. The molecular weight excluding hydrogens is 499 g/mol. The Kier molecular flexibility index (Phi) is 7.62. The first kappa shape index (κ1) is 28.0. The van der Waals surface area contributed by atoms with Gasteiger partial charge in [-0.3, -0.25) is 9.88 Å². The van der Waals surface area contributed by atoms with Crippen LogP contribution in [0.1, 0.15) is 119 Å². The maximum Gasteiger partial charge on any atom is 0.115 e. The topological polar surface area (TPSA) is 54.6 Å². The van der Waals surface area contributed by atoms with Crippen LogP contribution in [0.5, 0.6) is 0 Å². The summed E-state index contributed by atoms with van der Waals surface area (Å²) in [4.78, 5) is 10.1. The van der Waals surface area contributed by atoms with Crippen LogP contribution in [0.4, 0.5) is 15.8 Å². The maximum atomic E-state index is 12.8. The van der Waals surface area contributed by atoms with Gasteiger partial charge in [-0.05, 0) is 106 Å². The van der Waals surface area contributed by atoms with E-state index in [1.54, 1.807) is 0 Å². The van der Waals surface area contributed by atoms with Crippen LogP contribution >= 0.6 is 0 Å². The number of pyridine rings is 1. The van der Waals surface area contributed by atoms with Crippen LogP contribution in [0, 0.1) is 0 Å². The molecule has 1 aromatic carbocycles. The molecule has 7 rings (SSSR count). The number of hydrogen-bond donors (Lipinski definition) is 1. The lowest BCUT2D eigenvalue weighted by Crippen LogP contribution is -2.64. The molecule has 4 aliphatic heterocycles. The van der Waals surface area contributed by atoms with Gasteiger partial charge in [0.1, 0.15) is 6.17 Å². The normalized spacial score (nSPS) is 29.2. The number of hydrogen-bond acceptors (Lipinski definition) is 5. The van der Waals surface area contributed by atoms with E-state index >= 15 is 0 Å². The number of nitrogens with zero attached hydrogens (tertiary/aromatic N) is 3. The summed E-state index contributed by atoms with van der Waals surface area (Å²) in [6.07, 6.45) is 11.0. The van der Waals surface area contributed by atoms with Crippen LogP contribution in [0.15, 0.2) is 24.3 Å². The van der Waals surface area contributed by atoms with Gasteiger partial charge in [-0.15, -0.1) is 0 Å². The predicted octanol–water partition coefficient (Wildman–Crippen LogP) is 7.27. The van der Waals surface area contributed by atoms with E-state index in [9.17, 15) is 4.39 Å². The summed E-state index contributed by atoms with van der Waals surface area (Å²) in [6.45, 7) is 12.6. The van der Waals surface area contributed by atoms with Crippen molar-refractivity contribution in [2.24, 2.45) is 0 Å². The number of alkyl halides is 1. The molecule has 1 spiro atoms. The smallest absolute Gasteiger partial charge is 0.115 e. The molecule has 5 nitrogen and oxygen atoms in total. The molecule has 5 aliphatic rings. The SMILES string of the molecule is CC12CCCN1CC(F)C2.CCc1cc(N2CCC23CCC3)c2c(n1)CC(c1cc(N)ccc1[C@@H](C)CC)OC2. The standard InChI is InChI=1S/C26H35N3O.C8H14FN/c1-4-17(3)20-8-7-18(27)13-21(20)25-15-23-22(16-30-25)24(14-19(5-2)28-23)29-12-11-26(29)9-6-10-26;1-8-3-2-4-10(8)6-7(9)5-8/h7-8,13-14,17,25H,4-6,9-12,15-16,27H2,1-3H3;7H,2-6H2,1H3/t17-,25?;/m0./s1. The second kappa shape index (κ2) is 10.9. The van der Waals surface area contributed by atoms with E-state index in [-0.39, 0.29) is 11.6 Å². The molecule has 2 N–H and O–H groups in total. The number of fused-ring (bicyclic) bond motifs is 2. The van der Waals surface area contributed by atoms with Crippen LogP contribution in [-0.4, -0.2) is 46.8 Å². The summed E-state index contributed by atoms with van der Waals surface area (Å²) < 4.78 is 19.4. The van der Waals surface area contributed by atoms with Crippen LogP contribution in [0.3, 0.4) is 0 Å². The van der Waals surface area contributed by atoms with Gasteiger partial charge >= 0.3 is 0 Å². The molecule has 0 radical (unpaired) electrons. The van der Waals surface area contributed by atoms with Crippen molar-refractivity contribution in [3.05, 3.63) is 52.3 Å². The number of halogens is 1. The van der Waals surface area contributed by atoms with Crippen molar-refractivity contribution < 1.29 is 9.13 Å². The molecule has 40 heavy (non-hydrogen) atoms. The summed E-state index contributed by atoms with van der Waals surface area (Å²) in [5.74, 6) is 0.496. The number of aromatic nitrogens is 1. The second-order valence-electron chi connectivity index (χ2n) is 13.4. The van der Waals surface area contributed by atoms with Crippen LogP contribution in [0.2, 0.25) is 0 Å². The third kappa shape index (κ3) is 4.93. The van der Waals surface area contributed by atoms with E-state index in [2.05, 4.69) is 55.7 Å². The molecule has 2 aromatic rings. The molecule has 5 heterocycles. The van der Waals surface area contributed by atoms with Gasteiger partial charge in [0, 0.05) is 53.2 Å².